The highest BCUT2D eigenvalue weighted by Crippen LogP contribution is 2.29. The van der Waals surface area contributed by atoms with E-state index >= 15 is 0 Å². The predicted molar refractivity (Wildman–Crippen MR) is 95.1 cm³/mol. The average Bonchev–Trinajstić information content (AvgIpc) is 3.08. The number of aromatic amines is 1. The maximum Gasteiger partial charge on any atom is 0.387 e. The van der Waals surface area contributed by atoms with Gasteiger partial charge in [0.25, 0.3) is 5.91 Å². The Bertz CT molecular complexity index is 930. The molecule has 0 aliphatic carbocycles. The topological polar surface area (TPSA) is 67.0 Å². The van der Waals surface area contributed by atoms with Crippen molar-refractivity contribution in [2.75, 3.05) is 5.32 Å². The molecular weight excluding hydrogens is 387 g/mol. The van der Waals surface area contributed by atoms with Crippen molar-refractivity contribution in [1.82, 2.24) is 10.2 Å². The number of hydrogen-bond acceptors (Lipinski definition) is 3. The Hall–Kier alpha value is -2.64. The smallest absolute Gasteiger partial charge is 0.387 e. The number of nitrogens with one attached hydrogen (secondary N) is 2. The van der Waals surface area contributed by atoms with Crippen LogP contribution in [0.2, 0.25) is 10.0 Å². The van der Waals surface area contributed by atoms with Crippen LogP contribution in [0.15, 0.2) is 48.5 Å². The van der Waals surface area contributed by atoms with Gasteiger partial charge in [-0.15, -0.1) is 0 Å². The van der Waals surface area contributed by atoms with Crippen molar-refractivity contribution in [3.05, 3.63) is 64.3 Å². The summed E-state index contributed by atoms with van der Waals surface area (Å²) in [5, 5.41) is 9.87. The lowest BCUT2D eigenvalue weighted by atomic mass is 10.1. The van der Waals surface area contributed by atoms with E-state index in [0.29, 0.717) is 16.4 Å². The quantitative estimate of drug-likeness (QED) is 0.618. The molecule has 0 unspecified atom stereocenters. The van der Waals surface area contributed by atoms with Crippen molar-refractivity contribution < 1.29 is 18.3 Å². The Kier molecular flexibility index (Phi) is 5.39. The van der Waals surface area contributed by atoms with Gasteiger partial charge in [0.05, 0.1) is 10.7 Å². The molecule has 0 aliphatic rings. The van der Waals surface area contributed by atoms with Crippen LogP contribution in [-0.4, -0.2) is 22.7 Å². The molecule has 5 nitrogen and oxygen atoms in total. The minimum Gasteiger partial charge on any atom is -0.433 e. The summed E-state index contributed by atoms with van der Waals surface area (Å²) in [7, 11) is 0. The van der Waals surface area contributed by atoms with Crippen LogP contribution in [0.5, 0.6) is 5.75 Å². The van der Waals surface area contributed by atoms with Gasteiger partial charge in [0.2, 0.25) is 0 Å². The van der Waals surface area contributed by atoms with E-state index in [9.17, 15) is 13.6 Å². The highest BCUT2D eigenvalue weighted by molar-refractivity contribution is 6.32. The maximum absolute atomic E-state index is 12.3. The summed E-state index contributed by atoms with van der Waals surface area (Å²) in [5.74, 6) is -0.637. The van der Waals surface area contributed by atoms with E-state index in [1.54, 1.807) is 30.3 Å². The summed E-state index contributed by atoms with van der Waals surface area (Å²) in [6.07, 6.45) is 0. The van der Waals surface area contributed by atoms with Crippen molar-refractivity contribution in [2.24, 2.45) is 0 Å². The van der Waals surface area contributed by atoms with E-state index in [1.807, 2.05) is 0 Å². The van der Waals surface area contributed by atoms with Gasteiger partial charge in [0.1, 0.15) is 11.4 Å². The zero-order valence-corrected chi connectivity index (χ0v) is 14.5. The molecule has 0 aliphatic heterocycles. The largest absolute Gasteiger partial charge is 0.433 e. The first-order chi connectivity index (χ1) is 12.4. The first-order valence-electron chi connectivity index (χ1n) is 7.29. The van der Waals surface area contributed by atoms with E-state index in [1.165, 1.54) is 18.2 Å². The molecule has 0 bridgehead atoms. The van der Waals surface area contributed by atoms with Gasteiger partial charge in [0.15, 0.2) is 0 Å². The van der Waals surface area contributed by atoms with E-state index in [4.69, 9.17) is 23.2 Å². The fraction of sp³-hybridized carbons (Fsp3) is 0.0588. The summed E-state index contributed by atoms with van der Waals surface area (Å²) in [5.41, 5.74) is 1.91. The standard InChI is InChI=1S/C17H11Cl2F2N3O2/c18-10-3-1-9(2-4-10)13-8-14(24-23-13)16(25)22-11-5-6-15(12(19)7-11)26-17(20)21/h1-8,17H,(H,22,25)(H,23,24). The Morgan fingerprint density at radius 3 is 2.50 bits per heavy atom. The zero-order valence-electron chi connectivity index (χ0n) is 13.0. The van der Waals surface area contributed by atoms with Crippen molar-refractivity contribution >= 4 is 34.8 Å². The molecule has 2 N–H and O–H groups in total. The predicted octanol–water partition coefficient (Wildman–Crippen LogP) is 5.24. The first-order valence-corrected chi connectivity index (χ1v) is 8.05. The van der Waals surface area contributed by atoms with Crippen LogP contribution in [0.3, 0.4) is 0 Å². The van der Waals surface area contributed by atoms with Crippen LogP contribution in [0.4, 0.5) is 14.5 Å². The molecule has 0 radical (unpaired) electrons. The van der Waals surface area contributed by atoms with Crippen LogP contribution in [0.1, 0.15) is 10.5 Å². The van der Waals surface area contributed by atoms with Crippen LogP contribution < -0.4 is 10.1 Å². The third kappa shape index (κ3) is 4.30. The average molecular weight is 398 g/mol. The van der Waals surface area contributed by atoms with Crippen LogP contribution >= 0.6 is 23.2 Å². The van der Waals surface area contributed by atoms with E-state index in [-0.39, 0.29) is 16.5 Å². The number of carbonyl (C=O) groups is 1. The molecule has 0 atom stereocenters. The zero-order chi connectivity index (χ0) is 18.7. The van der Waals surface area contributed by atoms with Gasteiger partial charge in [-0.05, 0) is 36.4 Å². The number of anilines is 1. The monoisotopic (exact) mass is 397 g/mol. The molecule has 1 amide bonds. The number of benzene rings is 2. The van der Waals surface area contributed by atoms with Crippen molar-refractivity contribution in [2.45, 2.75) is 6.61 Å². The number of amides is 1. The number of halogens is 4. The third-order valence-electron chi connectivity index (χ3n) is 3.37. The van der Waals surface area contributed by atoms with Crippen molar-refractivity contribution in [3.8, 4) is 17.0 Å². The molecule has 0 spiro atoms. The number of rotatable bonds is 5. The Labute approximate surface area is 156 Å². The van der Waals surface area contributed by atoms with Gasteiger partial charge >= 0.3 is 6.61 Å². The molecule has 0 fully saturated rings. The van der Waals surface area contributed by atoms with Crippen molar-refractivity contribution in [3.63, 3.8) is 0 Å². The summed E-state index contributed by atoms with van der Waals surface area (Å²) in [4.78, 5) is 12.3. The Morgan fingerprint density at radius 1 is 1.12 bits per heavy atom. The molecule has 9 heteroatoms. The van der Waals surface area contributed by atoms with Gasteiger partial charge in [-0.2, -0.15) is 13.9 Å². The molecule has 1 heterocycles. The molecule has 3 aromatic rings. The maximum atomic E-state index is 12.3. The lowest BCUT2D eigenvalue weighted by molar-refractivity contribution is -0.0497. The summed E-state index contributed by atoms with van der Waals surface area (Å²) < 4.78 is 28.7. The fourth-order valence-electron chi connectivity index (χ4n) is 2.18. The number of alkyl halides is 2. The van der Waals surface area contributed by atoms with Crippen molar-refractivity contribution in [1.29, 1.82) is 0 Å². The molecule has 134 valence electrons. The minimum absolute atomic E-state index is 0.0467. The summed E-state index contributed by atoms with van der Waals surface area (Å²) >= 11 is 11.7. The second-order valence-electron chi connectivity index (χ2n) is 5.15. The fourth-order valence-corrected chi connectivity index (χ4v) is 2.53. The number of aromatic nitrogens is 2. The molecule has 26 heavy (non-hydrogen) atoms. The lowest BCUT2D eigenvalue weighted by Crippen LogP contribution is -2.12. The van der Waals surface area contributed by atoms with Gasteiger partial charge in [-0.3, -0.25) is 9.89 Å². The lowest BCUT2D eigenvalue weighted by Gasteiger charge is -2.09. The summed E-state index contributed by atoms with van der Waals surface area (Å²) in [6.45, 7) is -2.98. The summed E-state index contributed by atoms with van der Waals surface area (Å²) in [6, 6.07) is 12.5. The van der Waals surface area contributed by atoms with E-state index in [2.05, 4.69) is 20.3 Å². The number of hydrogen-bond donors (Lipinski definition) is 2. The van der Waals surface area contributed by atoms with Crippen LogP contribution in [-0.2, 0) is 0 Å². The van der Waals surface area contributed by atoms with Gasteiger partial charge in [-0.25, -0.2) is 0 Å². The highest BCUT2D eigenvalue weighted by Gasteiger charge is 2.13. The van der Waals surface area contributed by atoms with Gasteiger partial charge in [0, 0.05) is 16.3 Å². The second kappa shape index (κ2) is 7.72. The molecule has 0 saturated carbocycles. The van der Waals surface area contributed by atoms with Gasteiger partial charge < -0.3 is 10.1 Å². The number of nitrogens with zero attached hydrogens (tertiary/aromatic N) is 1. The Balaban J connectivity index is 1.72. The van der Waals surface area contributed by atoms with Crippen LogP contribution in [0.25, 0.3) is 11.3 Å². The highest BCUT2D eigenvalue weighted by atomic mass is 35.5. The first kappa shape index (κ1) is 18.2. The van der Waals surface area contributed by atoms with E-state index in [0.717, 1.165) is 5.56 Å². The van der Waals surface area contributed by atoms with E-state index < -0.39 is 12.5 Å². The number of H-pyrrole nitrogens is 1. The molecule has 1 aromatic heterocycles. The minimum atomic E-state index is -2.98. The Morgan fingerprint density at radius 2 is 1.85 bits per heavy atom. The molecule has 0 saturated heterocycles. The van der Waals surface area contributed by atoms with Crippen LogP contribution in [0, 0.1) is 0 Å². The third-order valence-corrected chi connectivity index (χ3v) is 3.92. The molecule has 3 rings (SSSR count). The number of carbonyl (C=O) groups excluding carboxylic acids is 1. The SMILES string of the molecule is O=C(Nc1ccc(OC(F)F)c(Cl)c1)c1cc(-c2ccc(Cl)cc2)n[nH]1. The normalized spacial score (nSPS) is 10.8. The molecular formula is C17H11Cl2F2N3O2. The molecule has 2 aromatic carbocycles. The number of ether oxygens (including phenoxy) is 1. The second-order valence-corrected chi connectivity index (χ2v) is 6.00. The van der Waals surface area contributed by atoms with Gasteiger partial charge in [-0.1, -0.05) is 35.3 Å².